The molecule has 0 aliphatic heterocycles. The minimum Gasteiger partial charge on any atom is -0.396 e. The van der Waals surface area contributed by atoms with E-state index in [9.17, 15) is 0 Å². The molecule has 0 aliphatic rings. The van der Waals surface area contributed by atoms with Crippen molar-refractivity contribution in [1.82, 2.24) is 9.78 Å². The Morgan fingerprint density at radius 1 is 1.50 bits per heavy atom. The van der Waals surface area contributed by atoms with Gasteiger partial charge < -0.3 is 11.5 Å². The first-order valence-corrected chi connectivity index (χ1v) is 4.09. The van der Waals surface area contributed by atoms with Crippen LogP contribution in [-0.4, -0.2) is 9.78 Å². The van der Waals surface area contributed by atoms with Gasteiger partial charge in [0.1, 0.15) is 0 Å². The molecule has 0 atom stereocenters. The highest BCUT2D eigenvalue weighted by atomic mass is 15.3. The fourth-order valence-corrected chi connectivity index (χ4v) is 1.45. The maximum absolute atomic E-state index is 5.85. The van der Waals surface area contributed by atoms with Crippen molar-refractivity contribution in [2.45, 2.75) is 26.3 Å². The molecule has 0 fully saturated rings. The van der Waals surface area contributed by atoms with Gasteiger partial charge in [0.15, 0.2) is 0 Å². The summed E-state index contributed by atoms with van der Waals surface area (Å²) >= 11 is 0. The van der Waals surface area contributed by atoms with E-state index < -0.39 is 0 Å². The molecular weight excluding hydrogens is 152 g/mol. The summed E-state index contributed by atoms with van der Waals surface area (Å²) in [4.78, 5) is 0. The van der Waals surface area contributed by atoms with Gasteiger partial charge in [-0.25, -0.2) is 0 Å². The van der Waals surface area contributed by atoms with E-state index in [-0.39, 0.29) is 0 Å². The van der Waals surface area contributed by atoms with Gasteiger partial charge in [-0.05, 0) is 5.92 Å². The van der Waals surface area contributed by atoms with Crippen LogP contribution in [-0.2, 0) is 13.6 Å². The lowest BCUT2D eigenvalue weighted by atomic mass is 10.1. The molecule has 4 heteroatoms. The number of aromatic nitrogens is 2. The minimum atomic E-state index is 0.391. The second-order valence-corrected chi connectivity index (χ2v) is 3.23. The van der Waals surface area contributed by atoms with Crippen molar-refractivity contribution in [3.63, 3.8) is 0 Å². The average molecular weight is 168 g/mol. The highest BCUT2D eigenvalue weighted by Gasteiger charge is 2.14. The lowest BCUT2D eigenvalue weighted by Gasteiger charge is -2.05. The molecule has 4 nitrogen and oxygen atoms in total. The molecular formula is C8H16N4. The smallest absolute Gasteiger partial charge is 0.0992 e. The van der Waals surface area contributed by atoms with Gasteiger partial charge in [-0.2, -0.15) is 5.10 Å². The van der Waals surface area contributed by atoms with E-state index in [4.69, 9.17) is 11.5 Å². The van der Waals surface area contributed by atoms with Crippen molar-refractivity contribution in [2.24, 2.45) is 12.8 Å². The van der Waals surface area contributed by atoms with Gasteiger partial charge in [-0.15, -0.1) is 0 Å². The lowest BCUT2D eigenvalue weighted by molar-refractivity contribution is 0.662. The van der Waals surface area contributed by atoms with Crippen molar-refractivity contribution >= 4 is 5.69 Å². The monoisotopic (exact) mass is 168 g/mol. The number of nitrogen functional groups attached to an aromatic ring is 1. The summed E-state index contributed by atoms with van der Waals surface area (Å²) in [5.74, 6) is 0.391. The molecule has 68 valence electrons. The molecule has 0 amide bonds. The molecule has 0 saturated heterocycles. The Bertz CT molecular complexity index is 275. The van der Waals surface area contributed by atoms with Crippen LogP contribution in [0.25, 0.3) is 0 Å². The van der Waals surface area contributed by atoms with Gasteiger partial charge in [-0.3, -0.25) is 4.68 Å². The molecule has 1 aromatic heterocycles. The summed E-state index contributed by atoms with van der Waals surface area (Å²) in [6.07, 6.45) is 0. The molecule has 0 radical (unpaired) electrons. The van der Waals surface area contributed by atoms with E-state index in [0.29, 0.717) is 12.5 Å². The zero-order valence-corrected chi connectivity index (χ0v) is 7.83. The topological polar surface area (TPSA) is 69.9 Å². The number of hydrogen-bond acceptors (Lipinski definition) is 3. The molecule has 12 heavy (non-hydrogen) atoms. The van der Waals surface area contributed by atoms with Crippen molar-refractivity contribution < 1.29 is 0 Å². The largest absolute Gasteiger partial charge is 0.396 e. The fraction of sp³-hybridized carbons (Fsp3) is 0.625. The SMILES string of the molecule is CC(C)c1c(N)c(CN)nn1C. The number of rotatable bonds is 2. The predicted octanol–water partition coefficient (Wildman–Crippen LogP) is 0.584. The average Bonchev–Trinajstić information content (AvgIpc) is 2.25. The van der Waals surface area contributed by atoms with Crippen molar-refractivity contribution in [1.29, 1.82) is 0 Å². The third-order valence-electron chi connectivity index (χ3n) is 1.95. The highest BCUT2D eigenvalue weighted by Crippen LogP contribution is 2.23. The molecule has 0 bridgehead atoms. The number of nitrogens with zero attached hydrogens (tertiary/aromatic N) is 2. The van der Waals surface area contributed by atoms with Crippen LogP contribution in [0, 0.1) is 0 Å². The summed E-state index contributed by atoms with van der Waals surface area (Å²) in [6.45, 7) is 4.59. The van der Waals surface area contributed by atoms with E-state index >= 15 is 0 Å². The number of hydrogen-bond donors (Lipinski definition) is 2. The quantitative estimate of drug-likeness (QED) is 0.678. The van der Waals surface area contributed by atoms with E-state index in [1.54, 1.807) is 0 Å². The summed E-state index contributed by atoms with van der Waals surface area (Å²) < 4.78 is 1.81. The first kappa shape index (κ1) is 9.06. The summed E-state index contributed by atoms with van der Waals surface area (Å²) in [6, 6.07) is 0. The van der Waals surface area contributed by atoms with Crippen LogP contribution in [0.3, 0.4) is 0 Å². The number of aryl methyl sites for hydroxylation is 1. The Morgan fingerprint density at radius 3 is 2.33 bits per heavy atom. The Morgan fingerprint density at radius 2 is 2.08 bits per heavy atom. The van der Waals surface area contributed by atoms with Gasteiger partial charge in [0.05, 0.1) is 17.1 Å². The van der Waals surface area contributed by atoms with E-state index in [2.05, 4.69) is 18.9 Å². The molecule has 4 N–H and O–H groups in total. The number of nitrogens with two attached hydrogens (primary N) is 2. The van der Waals surface area contributed by atoms with E-state index in [1.807, 2.05) is 11.7 Å². The normalized spacial score (nSPS) is 11.1. The van der Waals surface area contributed by atoms with Crippen LogP contribution in [0.5, 0.6) is 0 Å². The van der Waals surface area contributed by atoms with Gasteiger partial charge in [-0.1, -0.05) is 13.8 Å². The van der Waals surface area contributed by atoms with E-state index in [0.717, 1.165) is 17.1 Å². The lowest BCUT2D eigenvalue weighted by Crippen LogP contribution is -2.02. The Hall–Kier alpha value is -1.03. The van der Waals surface area contributed by atoms with Crippen LogP contribution in [0.15, 0.2) is 0 Å². The van der Waals surface area contributed by atoms with Crippen LogP contribution >= 0.6 is 0 Å². The second-order valence-electron chi connectivity index (χ2n) is 3.23. The molecule has 0 saturated carbocycles. The fourth-order valence-electron chi connectivity index (χ4n) is 1.45. The summed E-state index contributed by atoms with van der Waals surface area (Å²) in [7, 11) is 1.89. The number of anilines is 1. The molecule has 1 rings (SSSR count). The van der Waals surface area contributed by atoms with Gasteiger partial charge >= 0.3 is 0 Å². The van der Waals surface area contributed by atoms with Gasteiger partial charge in [0.25, 0.3) is 0 Å². The van der Waals surface area contributed by atoms with Crippen molar-refractivity contribution in [3.05, 3.63) is 11.4 Å². The molecule has 0 unspecified atom stereocenters. The van der Waals surface area contributed by atoms with E-state index in [1.165, 1.54) is 0 Å². The van der Waals surface area contributed by atoms with Crippen LogP contribution in [0.1, 0.15) is 31.2 Å². The van der Waals surface area contributed by atoms with Crippen LogP contribution in [0.4, 0.5) is 5.69 Å². The minimum absolute atomic E-state index is 0.391. The van der Waals surface area contributed by atoms with Crippen LogP contribution in [0.2, 0.25) is 0 Å². The zero-order valence-electron chi connectivity index (χ0n) is 7.83. The summed E-state index contributed by atoms with van der Waals surface area (Å²) in [5, 5.41) is 4.22. The van der Waals surface area contributed by atoms with Gasteiger partial charge in [0.2, 0.25) is 0 Å². The third kappa shape index (κ3) is 1.30. The molecule has 0 aliphatic carbocycles. The molecule has 0 aromatic carbocycles. The van der Waals surface area contributed by atoms with Gasteiger partial charge in [0, 0.05) is 13.6 Å². The summed E-state index contributed by atoms with van der Waals surface area (Å²) in [5.41, 5.74) is 13.9. The Kier molecular flexibility index (Phi) is 2.38. The molecule has 1 heterocycles. The van der Waals surface area contributed by atoms with Crippen molar-refractivity contribution in [3.8, 4) is 0 Å². The Labute approximate surface area is 72.5 Å². The first-order chi connectivity index (χ1) is 5.57. The van der Waals surface area contributed by atoms with Crippen LogP contribution < -0.4 is 11.5 Å². The maximum atomic E-state index is 5.85. The second kappa shape index (κ2) is 3.15. The zero-order chi connectivity index (χ0) is 9.30. The highest BCUT2D eigenvalue weighted by molar-refractivity contribution is 5.49. The molecule has 0 spiro atoms. The molecule has 1 aromatic rings. The maximum Gasteiger partial charge on any atom is 0.0992 e. The Balaban J connectivity index is 3.19. The predicted molar refractivity (Wildman–Crippen MR) is 49.6 cm³/mol. The first-order valence-electron chi connectivity index (χ1n) is 4.09. The third-order valence-corrected chi connectivity index (χ3v) is 1.95. The standard InChI is InChI=1S/C8H16N4/c1-5(2)8-7(10)6(4-9)11-12(8)3/h5H,4,9-10H2,1-3H3. The van der Waals surface area contributed by atoms with Crippen molar-refractivity contribution in [2.75, 3.05) is 5.73 Å².